The number of morpholine rings is 1. The van der Waals surface area contributed by atoms with Crippen molar-refractivity contribution in [1.82, 2.24) is 34.0 Å². The number of ether oxygens (including phenoxy) is 1. The Morgan fingerprint density at radius 2 is 1.97 bits per heavy atom. The summed E-state index contributed by atoms with van der Waals surface area (Å²) in [5.74, 6) is 0.933. The van der Waals surface area contributed by atoms with E-state index in [4.69, 9.17) is 20.4 Å². The zero-order valence-electron chi connectivity index (χ0n) is 18.5. The van der Waals surface area contributed by atoms with Crippen LogP contribution in [0.3, 0.4) is 0 Å². The molecule has 10 nitrogen and oxygen atoms in total. The van der Waals surface area contributed by atoms with E-state index in [1.165, 1.54) is 10.6 Å². The second-order valence-electron chi connectivity index (χ2n) is 8.19. The lowest BCUT2D eigenvalue weighted by molar-refractivity contribution is 0.122. The number of hydrogen-bond donors (Lipinski definition) is 1. The number of aromatic nitrogens is 7. The van der Waals surface area contributed by atoms with Gasteiger partial charge in [0.1, 0.15) is 17.3 Å². The third-order valence-corrected chi connectivity index (χ3v) is 5.99. The van der Waals surface area contributed by atoms with Crippen LogP contribution in [-0.4, -0.2) is 60.3 Å². The van der Waals surface area contributed by atoms with Crippen molar-refractivity contribution in [1.29, 1.82) is 0 Å². The van der Waals surface area contributed by atoms with Crippen molar-refractivity contribution in [3.63, 3.8) is 0 Å². The van der Waals surface area contributed by atoms with Gasteiger partial charge in [0.05, 0.1) is 30.9 Å². The number of nitrogen functional groups attached to an aromatic ring is 1. The minimum Gasteiger partial charge on any atom is -0.378 e. The van der Waals surface area contributed by atoms with E-state index >= 15 is 0 Å². The normalized spacial score (nSPS) is 14.4. The largest absolute Gasteiger partial charge is 0.378 e. The average Bonchev–Trinajstić information content (AvgIpc) is 3.45. The number of halogens is 1. The zero-order chi connectivity index (χ0) is 23.2. The molecule has 1 aliphatic heterocycles. The van der Waals surface area contributed by atoms with Gasteiger partial charge in [0.25, 0.3) is 0 Å². The summed E-state index contributed by atoms with van der Waals surface area (Å²) >= 11 is 0. The first kappa shape index (κ1) is 20.5. The van der Waals surface area contributed by atoms with Gasteiger partial charge in [0.15, 0.2) is 11.5 Å². The molecule has 0 radical (unpaired) electrons. The number of anilines is 2. The highest BCUT2D eigenvalue weighted by molar-refractivity contribution is 5.88. The molecule has 0 unspecified atom stereocenters. The molecular weight excluding hydrogens is 437 g/mol. The highest BCUT2D eigenvalue weighted by Gasteiger charge is 2.24. The Hall–Kier alpha value is -4.12. The summed E-state index contributed by atoms with van der Waals surface area (Å²) in [6.07, 6.45) is 5.53. The molecule has 5 aromatic heterocycles. The number of hydrogen-bond acceptors (Lipinski definition) is 8. The van der Waals surface area contributed by atoms with E-state index in [1.54, 1.807) is 12.3 Å². The quantitative estimate of drug-likeness (QED) is 0.436. The number of aryl methyl sites for hydroxylation is 1. The van der Waals surface area contributed by atoms with E-state index in [1.807, 2.05) is 35.9 Å². The van der Waals surface area contributed by atoms with Crippen LogP contribution < -0.4 is 10.6 Å². The van der Waals surface area contributed by atoms with Gasteiger partial charge in [-0.3, -0.25) is 4.98 Å². The molecule has 0 atom stereocenters. The first-order chi connectivity index (χ1) is 16.6. The van der Waals surface area contributed by atoms with Crippen molar-refractivity contribution in [2.75, 3.05) is 36.9 Å². The van der Waals surface area contributed by atoms with E-state index in [2.05, 4.69) is 20.0 Å². The molecule has 0 amide bonds. The summed E-state index contributed by atoms with van der Waals surface area (Å²) in [6, 6.07) is 6.88. The second-order valence-corrected chi connectivity index (χ2v) is 8.19. The van der Waals surface area contributed by atoms with Gasteiger partial charge in [-0.1, -0.05) is 0 Å². The van der Waals surface area contributed by atoms with Crippen LogP contribution in [0.2, 0.25) is 0 Å². The van der Waals surface area contributed by atoms with Crippen molar-refractivity contribution in [2.24, 2.45) is 0 Å². The molecule has 2 N–H and O–H groups in total. The highest BCUT2D eigenvalue weighted by Crippen LogP contribution is 2.35. The lowest BCUT2D eigenvalue weighted by Gasteiger charge is -2.29. The van der Waals surface area contributed by atoms with Gasteiger partial charge in [-0.2, -0.15) is 9.50 Å². The van der Waals surface area contributed by atoms with Gasteiger partial charge in [0, 0.05) is 42.9 Å². The molecule has 5 aromatic rings. The molecule has 6 rings (SSSR count). The molecule has 1 saturated heterocycles. The van der Waals surface area contributed by atoms with Crippen molar-refractivity contribution < 1.29 is 9.13 Å². The molecule has 11 heteroatoms. The number of rotatable bonds is 4. The Labute approximate surface area is 193 Å². The first-order valence-corrected chi connectivity index (χ1v) is 11.0. The zero-order valence-corrected chi connectivity index (χ0v) is 18.5. The van der Waals surface area contributed by atoms with Crippen LogP contribution in [0, 0.1) is 12.7 Å². The summed E-state index contributed by atoms with van der Waals surface area (Å²) in [4.78, 5) is 20.2. The molecule has 0 saturated carbocycles. The van der Waals surface area contributed by atoms with E-state index in [0.29, 0.717) is 43.6 Å². The van der Waals surface area contributed by atoms with Gasteiger partial charge < -0.3 is 19.8 Å². The molecule has 1 aliphatic rings. The summed E-state index contributed by atoms with van der Waals surface area (Å²) in [6.45, 7) is 4.57. The molecule has 0 spiro atoms. The predicted octanol–water partition coefficient (Wildman–Crippen LogP) is 2.29. The van der Waals surface area contributed by atoms with Crippen LogP contribution in [0.25, 0.3) is 22.4 Å². The molecule has 1 fully saturated rings. The van der Waals surface area contributed by atoms with Crippen LogP contribution in [0.1, 0.15) is 17.2 Å². The summed E-state index contributed by atoms with van der Waals surface area (Å²) in [5, 5.41) is 4.54. The monoisotopic (exact) mass is 459 g/mol. The van der Waals surface area contributed by atoms with Crippen LogP contribution in [0.5, 0.6) is 0 Å². The molecule has 0 bridgehead atoms. The van der Waals surface area contributed by atoms with Crippen molar-refractivity contribution in [3.05, 3.63) is 65.9 Å². The number of pyridine rings is 2. The maximum absolute atomic E-state index is 14.2. The predicted molar refractivity (Wildman–Crippen MR) is 124 cm³/mol. The van der Waals surface area contributed by atoms with Crippen LogP contribution >= 0.6 is 0 Å². The van der Waals surface area contributed by atoms with Crippen LogP contribution in [0.15, 0.2) is 42.9 Å². The van der Waals surface area contributed by atoms with Gasteiger partial charge >= 0.3 is 0 Å². The average molecular weight is 459 g/mol. The fourth-order valence-corrected chi connectivity index (χ4v) is 4.27. The summed E-state index contributed by atoms with van der Waals surface area (Å²) < 4.78 is 23.3. The topological polar surface area (TPSA) is 112 Å². The summed E-state index contributed by atoms with van der Waals surface area (Å²) in [5.41, 5.74) is 10.7. The number of nitrogens with two attached hydrogens (primary N) is 1. The lowest BCUT2D eigenvalue weighted by atomic mass is 10.1. The van der Waals surface area contributed by atoms with Gasteiger partial charge in [-0.15, -0.1) is 5.10 Å². The van der Waals surface area contributed by atoms with Crippen LogP contribution in [-0.2, 0) is 11.2 Å². The Morgan fingerprint density at radius 1 is 1.12 bits per heavy atom. The number of imidazole rings is 1. The third-order valence-electron chi connectivity index (χ3n) is 5.99. The highest BCUT2D eigenvalue weighted by atomic mass is 19.1. The maximum atomic E-state index is 14.2. The SMILES string of the molecule is Cc1cnc2ccc(-c3c(N4CCOCC4)nc(N)n4nc(Cc5ncccc5F)nc34)cn12. The van der Waals surface area contributed by atoms with E-state index < -0.39 is 5.82 Å². The van der Waals surface area contributed by atoms with Gasteiger partial charge in [-0.25, -0.2) is 14.4 Å². The molecule has 0 aliphatic carbocycles. The minimum absolute atomic E-state index is 0.139. The molecule has 172 valence electrons. The van der Waals surface area contributed by atoms with Gasteiger partial charge in [-0.05, 0) is 31.2 Å². The minimum atomic E-state index is -0.400. The van der Waals surface area contributed by atoms with Crippen molar-refractivity contribution in [3.8, 4) is 11.1 Å². The maximum Gasteiger partial charge on any atom is 0.225 e. The summed E-state index contributed by atoms with van der Waals surface area (Å²) in [7, 11) is 0. The standard InChI is InChI=1S/C23H22FN9O/c1-14-12-27-19-5-4-15(13-32(14)19)20-21(31-7-9-34-10-8-31)29-23(25)33-22(20)28-18(30-33)11-17-16(24)3-2-6-26-17/h2-6,12-13H,7-11H2,1H3,(H2,25,29). The van der Waals surface area contributed by atoms with Crippen molar-refractivity contribution >= 4 is 23.1 Å². The second kappa shape index (κ2) is 8.03. The van der Waals surface area contributed by atoms with Crippen molar-refractivity contribution in [2.45, 2.75) is 13.3 Å². The molecule has 34 heavy (non-hydrogen) atoms. The first-order valence-electron chi connectivity index (χ1n) is 11.0. The van der Waals surface area contributed by atoms with E-state index in [0.717, 1.165) is 22.5 Å². The Balaban J connectivity index is 1.57. The molecule has 6 heterocycles. The number of nitrogens with zero attached hydrogens (tertiary/aromatic N) is 8. The third kappa shape index (κ3) is 3.41. The lowest BCUT2D eigenvalue weighted by Crippen LogP contribution is -2.37. The Bertz CT molecular complexity index is 1520. The molecule has 0 aromatic carbocycles. The number of fused-ring (bicyclic) bond motifs is 2. The fraction of sp³-hybridized carbons (Fsp3) is 0.261. The molecular formula is C23H22FN9O. The van der Waals surface area contributed by atoms with E-state index in [9.17, 15) is 4.39 Å². The Morgan fingerprint density at radius 3 is 2.79 bits per heavy atom. The fourth-order valence-electron chi connectivity index (χ4n) is 4.27. The van der Waals surface area contributed by atoms with Gasteiger partial charge in [0.2, 0.25) is 5.95 Å². The van der Waals surface area contributed by atoms with Crippen LogP contribution in [0.4, 0.5) is 16.2 Å². The smallest absolute Gasteiger partial charge is 0.225 e. The Kier molecular flexibility index (Phi) is 4.84. The van der Waals surface area contributed by atoms with E-state index in [-0.39, 0.29) is 18.1 Å².